The highest BCUT2D eigenvalue weighted by Gasteiger charge is 2.01. The van der Waals surface area contributed by atoms with Crippen LogP contribution in [0.5, 0.6) is 0 Å². The number of hydrogen-bond donors (Lipinski definition) is 1. The molecule has 3 aromatic rings. The second-order valence-corrected chi connectivity index (χ2v) is 4.89. The van der Waals surface area contributed by atoms with Crippen molar-refractivity contribution in [3.8, 4) is 0 Å². The van der Waals surface area contributed by atoms with E-state index in [1.54, 1.807) is 0 Å². The number of rotatable bonds is 4. The summed E-state index contributed by atoms with van der Waals surface area (Å²) in [5, 5.41) is 4.69. The molecule has 0 unspecified atom stereocenters. The first kappa shape index (κ1) is 12.7. The minimum Gasteiger partial charge on any atom is -0.381 e. The smallest absolute Gasteiger partial charge is 0.0705 e. The van der Waals surface area contributed by atoms with Gasteiger partial charge in [0.05, 0.1) is 5.52 Å². The summed E-state index contributed by atoms with van der Waals surface area (Å²) in [6.07, 6.45) is 2.95. The molecule has 100 valence electrons. The summed E-state index contributed by atoms with van der Waals surface area (Å²) in [5.41, 5.74) is 4.84. The highest BCUT2D eigenvalue weighted by atomic mass is 14.9. The van der Waals surface area contributed by atoms with Gasteiger partial charge in [0.15, 0.2) is 0 Å². The van der Waals surface area contributed by atoms with Crippen LogP contribution in [0.3, 0.4) is 0 Å². The van der Waals surface area contributed by atoms with E-state index < -0.39 is 0 Å². The van der Waals surface area contributed by atoms with Crippen LogP contribution in [0, 0.1) is 0 Å². The Hall–Kier alpha value is -2.35. The van der Waals surface area contributed by atoms with Crippen LogP contribution in [0.25, 0.3) is 10.9 Å². The molecule has 0 bridgehead atoms. The molecule has 0 aliphatic heterocycles. The van der Waals surface area contributed by atoms with Crippen LogP contribution in [0.1, 0.15) is 18.1 Å². The molecule has 3 rings (SSSR count). The molecule has 0 saturated heterocycles. The van der Waals surface area contributed by atoms with E-state index in [9.17, 15) is 0 Å². The van der Waals surface area contributed by atoms with E-state index in [-0.39, 0.29) is 0 Å². The lowest BCUT2D eigenvalue weighted by atomic mass is 10.1. The summed E-state index contributed by atoms with van der Waals surface area (Å²) in [5.74, 6) is 0. The number of nitrogens with zero attached hydrogens (tertiary/aromatic N) is 1. The van der Waals surface area contributed by atoms with E-state index in [4.69, 9.17) is 0 Å². The lowest BCUT2D eigenvalue weighted by Gasteiger charge is -2.09. The Bertz CT molecular complexity index is 697. The van der Waals surface area contributed by atoms with Crippen LogP contribution in [0.15, 0.2) is 60.8 Å². The summed E-state index contributed by atoms with van der Waals surface area (Å²) in [4.78, 5) is 4.39. The zero-order valence-electron chi connectivity index (χ0n) is 11.6. The van der Waals surface area contributed by atoms with Gasteiger partial charge in [-0.2, -0.15) is 0 Å². The minimum atomic E-state index is 0.814. The van der Waals surface area contributed by atoms with Gasteiger partial charge in [-0.15, -0.1) is 0 Å². The lowest BCUT2D eigenvalue weighted by Crippen LogP contribution is -2.00. The van der Waals surface area contributed by atoms with Crippen LogP contribution in [0.4, 0.5) is 5.69 Å². The molecular formula is C18H18N2. The van der Waals surface area contributed by atoms with Crippen molar-refractivity contribution in [2.75, 3.05) is 5.32 Å². The molecule has 1 aromatic heterocycles. The molecule has 2 nitrogen and oxygen atoms in total. The van der Waals surface area contributed by atoms with E-state index in [0.717, 1.165) is 24.2 Å². The van der Waals surface area contributed by atoms with Gasteiger partial charge in [-0.3, -0.25) is 4.98 Å². The first-order valence-electron chi connectivity index (χ1n) is 7.02. The first-order chi connectivity index (χ1) is 9.86. The van der Waals surface area contributed by atoms with Gasteiger partial charge in [0, 0.05) is 23.8 Å². The molecule has 0 amide bonds. The summed E-state index contributed by atoms with van der Waals surface area (Å²) in [6.45, 7) is 2.99. The highest BCUT2D eigenvalue weighted by molar-refractivity contribution is 5.82. The molecule has 0 saturated carbocycles. The van der Waals surface area contributed by atoms with E-state index in [1.807, 2.05) is 12.3 Å². The molecule has 0 aliphatic rings. The number of anilines is 1. The normalized spacial score (nSPS) is 10.7. The van der Waals surface area contributed by atoms with Gasteiger partial charge < -0.3 is 5.32 Å². The van der Waals surface area contributed by atoms with Crippen molar-refractivity contribution in [3.63, 3.8) is 0 Å². The average molecular weight is 262 g/mol. The molecular weight excluding hydrogens is 244 g/mol. The Balaban J connectivity index is 1.79. The predicted molar refractivity (Wildman–Crippen MR) is 84.9 cm³/mol. The quantitative estimate of drug-likeness (QED) is 0.753. The van der Waals surface area contributed by atoms with Crippen LogP contribution < -0.4 is 5.32 Å². The fraction of sp³-hybridized carbons (Fsp3) is 0.167. The second-order valence-electron chi connectivity index (χ2n) is 4.89. The fourth-order valence-electron chi connectivity index (χ4n) is 2.36. The minimum absolute atomic E-state index is 0.814. The zero-order valence-corrected chi connectivity index (χ0v) is 11.6. The van der Waals surface area contributed by atoms with Crippen molar-refractivity contribution in [3.05, 3.63) is 71.9 Å². The number of aromatic nitrogens is 1. The van der Waals surface area contributed by atoms with E-state index in [1.165, 1.54) is 16.5 Å². The van der Waals surface area contributed by atoms with Crippen LogP contribution in [0.2, 0.25) is 0 Å². The lowest BCUT2D eigenvalue weighted by molar-refractivity contribution is 1.13. The van der Waals surface area contributed by atoms with Gasteiger partial charge in [0.1, 0.15) is 0 Å². The maximum Gasteiger partial charge on any atom is 0.0705 e. The van der Waals surface area contributed by atoms with Crippen LogP contribution in [-0.4, -0.2) is 4.98 Å². The fourth-order valence-corrected chi connectivity index (χ4v) is 2.36. The summed E-state index contributed by atoms with van der Waals surface area (Å²) >= 11 is 0. The van der Waals surface area contributed by atoms with Gasteiger partial charge in [-0.1, -0.05) is 37.3 Å². The first-order valence-corrected chi connectivity index (χ1v) is 7.02. The topological polar surface area (TPSA) is 24.9 Å². The Morgan fingerprint density at radius 1 is 0.950 bits per heavy atom. The third-order valence-electron chi connectivity index (χ3n) is 3.58. The molecule has 1 N–H and O–H groups in total. The van der Waals surface area contributed by atoms with Gasteiger partial charge >= 0.3 is 0 Å². The van der Waals surface area contributed by atoms with E-state index in [0.29, 0.717) is 0 Å². The standard InChI is InChI=1S/C18H18N2/c1-2-14-7-9-16(10-8-14)20-13-15-11-12-19-18-6-4-3-5-17(15)18/h3-12,20H,2,13H2,1H3. The largest absolute Gasteiger partial charge is 0.381 e. The molecule has 20 heavy (non-hydrogen) atoms. The number of para-hydroxylation sites is 1. The Labute approximate surface area is 119 Å². The number of hydrogen-bond acceptors (Lipinski definition) is 2. The van der Waals surface area contributed by atoms with Crippen molar-refractivity contribution in [2.45, 2.75) is 19.9 Å². The van der Waals surface area contributed by atoms with Crippen molar-refractivity contribution in [1.82, 2.24) is 4.98 Å². The van der Waals surface area contributed by atoms with Gasteiger partial charge in [-0.05, 0) is 41.8 Å². The summed E-state index contributed by atoms with van der Waals surface area (Å²) < 4.78 is 0. The second kappa shape index (κ2) is 5.74. The Morgan fingerprint density at radius 3 is 2.55 bits per heavy atom. The Kier molecular flexibility index (Phi) is 3.64. The maximum atomic E-state index is 4.39. The SMILES string of the molecule is CCc1ccc(NCc2ccnc3ccccc23)cc1. The zero-order chi connectivity index (χ0) is 13.8. The van der Waals surface area contributed by atoms with Crippen molar-refractivity contribution in [1.29, 1.82) is 0 Å². The third-order valence-corrected chi connectivity index (χ3v) is 3.58. The maximum absolute atomic E-state index is 4.39. The van der Waals surface area contributed by atoms with Crippen LogP contribution >= 0.6 is 0 Å². The number of aryl methyl sites for hydroxylation is 1. The average Bonchev–Trinajstić information content (AvgIpc) is 2.53. The number of pyridine rings is 1. The monoisotopic (exact) mass is 262 g/mol. The van der Waals surface area contributed by atoms with Gasteiger partial charge in [0.25, 0.3) is 0 Å². The van der Waals surface area contributed by atoms with Crippen molar-refractivity contribution in [2.24, 2.45) is 0 Å². The Morgan fingerprint density at radius 2 is 1.75 bits per heavy atom. The molecule has 0 aliphatic carbocycles. The third kappa shape index (κ3) is 2.64. The molecule has 2 aromatic carbocycles. The number of benzene rings is 2. The van der Waals surface area contributed by atoms with Crippen molar-refractivity contribution >= 4 is 16.6 Å². The van der Waals surface area contributed by atoms with Gasteiger partial charge in [-0.25, -0.2) is 0 Å². The summed E-state index contributed by atoms with van der Waals surface area (Å²) in [6, 6.07) is 19.0. The molecule has 0 atom stereocenters. The molecule has 0 fully saturated rings. The predicted octanol–water partition coefficient (Wildman–Crippen LogP) is 4.41. The van der Waals surface area contributed by atoms with Crippen LogP contribution in [-0.2, 0) is 13.0 Å². The number of fused-ring (bicyclic) bond motifs is 1. The highest BCUT2D eigenvalue weighted by Crippen LogP contribution is 2.18. The number of nitrogens with one attached hydrogen (secondary N) is 1. The summed E-state index contributed by atoms with van der Waals surface area (Å²) in [7, 11) is 0. The molecule has 2 heteroatoms. The molecule has 0 spiro atoms. The van der Waals surface area contributed by atoms with E-state index in [2.05, 4.69) is 65.8 Å². The van der Waals surface area contributed by atoms with Crippen molar-refractivity contribution < 1.29 is 0 Å². The van der Waals surface area contributed by atoms with E-state index >= 15 is 0 Å². The molecule has 1 heterocycles. The van der Waals surface area contributed by atoms with Gasteiger partial charge in [0.2, 0.25) is 0 Å². The molecule has 0 radical (unpaired) electrons.